The summed E-state index contributed by atoms with van der Waals surface area (Å²) >= 11 is 1.30. The Morgan fingerprint density at radius 1 is 1.17 bits per heavy atom. The summed E-state index contributed by atoms with van der Waals surface area (Å²) in [4.78, 5) is 40.2. The molecule has 1 aromatic heterocycles. The summed E-state index contributed by atoms with van der Waals surface area (Å²) in [6.07, 6.45) is -0.547. The Morgan fingerprint density at radius 2 is 1.93 bits per heavy atom. The topological polar surface area (TPSA) is 97.4 Å². The van der Waals surface area contributed by atoms with Gasteiger partial charge in [0, 0.05) is 30.8 Å². The van der Waals surface area contributed by atoms with E-state index in [0.29, 0.717) is 23.7 Å². The highest BCUT2D eigenvalue weighted by Gasteiger charge is 2.31. The summed E-state index contributed by atoms with van der Waals surface area (Å²) in [6, 6.07) is 14.8. The first kappa shape index (κ1) is 19.8. The highest BCUT2D eigenvalue weighted by Crippen LogP contribution is 2.26. The molecule has 2 amide bonds. The van der Waals surface area contributed by atoms with E-state index in [0.717, 1.165) is 22.4 Å². The summed E-state index contributed by atoms with van der Waals surface area (Å²) in [5, 5.41) is 7.78. The van der Waals surface area contributed by atoms with Gasteiger partial charge in [-0.2, -0.15) is 0 Å². The maximum Gasteiger partial charge on any atom is 0.339 e. The number of thiazole rings is 1. The number of benzene rings is 2. The van der Waals surface area contributed by atoms with Crippen molar-refractivity contribution in [3.05, 3.63) is 70.6 Å². The number of aromatic nitrogens is 1. The highest BCUT2D eigenvalue weighted by molar-refractivity contribution is 7.14. The zero-order valence-electron chi connectivity index (χ0n) is 16.2. The second-order valence-electron chi connectivity index (χ2n) is 6.89. The molecule has 0 aliphatic carbocycles. The van der Waals surface area contributed by atoms with Crippen LogP contribution in [0.2, 0.25) is 0 Å². The van der Waals surface area contributed by atoms with E-state index in [1.165, 1.54) is 18.3 Å². The average Bonchev–Trinajstić information content (AvgIpc) is 3.21. The molecule has 3 aromatic rings. The molecule has 2 aromatic carbocycles. The summed E-state index contributed by atoms with van der Waals surface area (Å²) < 4.78 is 5.29. The number of esters is 1. The number of anilines is 1. The minimum atomic E-state index is -0.882. The average molecular weight is 421 g/mol. The number of carbonyl (C=O) groups is 3. The number of nitrogens with one attached hydrogen (secondary N) is 2. The molecule has 0 bridgehead atoms. The van der Waals surface area contributed by atoms with E-state index in [-0.39, 0.29) is 5.91 Å². The van der Waals surface area contributed by atoms with Crippen molar-refractivity contribution in [2.24, 2.45) is 0 Å². The summed E-state index contributed by atoms with van der Waals surface area (Å²) in [7, 11) is 0. The van der Waals surface area contributed by atoms with Crippen molar-refractivity contribution in [3.8, 4) is 11.3 Å². The normalized spacial score (nSPS) is 15.1. The van der Waals surface area contributed by atoms with E-state index in [2.05, 4.69) is 15.6 Å². The number of nitrogens with zero attached hydrogens (tertiary/aromatic N) is 1. The third kappa shape index (κ3) is 4.38. The van der Waals surface area contributed by atoms with E-state index in [1.807, 2.05) is 41.8 Å². The van der Waals surface area contributed by atoms with E-state index < -0.39 is 18.0 Å². The fraction of sp³-hybridized carbons (Fsp3) is 0.182. The molecule has 0 radical (unpaired) electrons. The van der Waals surface area contributed by atoms with Crippen LogP contribution in [0.25, 0.3) is 11.3 Å². The molecule has 8 heteroatoms. The Hall–Kier alpha value is -3.52. The monoisotopic (exact) mass is 421 g/mol. The van der Waals surface area contributed by atoms with Gasteiger partial charge in [-0.15, -0.1) is 11.3 Å². The number of ether oxygens (including phenoxy) is 1. The lowest BCUT2D eigenvalue weighted by molar-refractivity contribution is -0.125. The smallest absolute Gasteiger partial charge is 0.339 e. The van der Waals surface area contributed by atoms with Crippen LogP contribution in [0.5, 0.6) is 0 Å². The Morgan fingerprint density at radius 3 is 2.70 bits per heavy atom. The SMILES string of the molecule is CC(=O)NCc1ccc(-c2csc(NC(=O)[C@H]3Cc4ccccc4C(=O)O3)n2)cc1. The minimum absolute atomic E-state index is 0.0777. The molecule has 4 rings (SSSR count). The summed E-state index contributed by atoms with van der Waals surface area (Å²) in [6.45, 7) is 1.95. The summed E-state index contributed by atoms with van der Waals surface area (Å²) in [5.41, 5.74) is 3.91. The van der Waals surface area contributed by atoms with Crippen LogP contribution in [0, 0.1) is 0 Å². The molecule has 0 fully saturated rings. The van der Waals surface area contributed by atoms with Crippen LogP contribution >= 0.6 is 11.3 Å². The maximum absolute atomic E-state index is 12.6. The number of cyclic esters (lactones) is 1. The van der Waals surface area contributed by atoms with Crippen LogP contribution in [0.15, 0.2) is 53.9 Å². The largest absolute Gasteiger partial charge is 0.448 e. The lowest BCUT2D eigenvalue weighted by Gasteiger charge is -2.23. The van der Waals surface area contributed by atoms with Crippen LogP contribution in [-0.2, 0) is 27.3 Å². The van der Waals surface area contributed by atoms with Gasteiger partial charge in [-0.3, -0.25) is 14.9 Å². The molecule has 1 aliphatic rings. The molecule has 152 valence electrons. The molecule has 0 saturated heterocycles. The molecule has 2 N–H and O–H groups in total. The predicted molar refractivity (Wildman–Crippen MR) is 113 cm³/mol. The van der Waals surface area contributed by atoms with Crippen molar-refractivity contribution in [3.63, 3.8) is 0 Å². The van der Waals surface area contributed by atoms with Gasteiger partial charge in [0.1, 0.15) is 0 Å². The number of hydrogen-bond donors (Lipinski definition) is 2. The molecule has 30 heavy (non-hydrogen) atoms. The van der Waals surface area contributed by atoms with Gasteiger partial charge in [-0.1, -0.05) is 42.5 Å². The lowest BCUT2D eigenvalue weighted by Crippen LogP contribution is -2.37. The van der Waals surface area contributed by atoms with Crippen molar-refractivity contribution >= 4 is 34.3 Å². The predicted octanol–water partition coefficient (Wildman–Crippen LogP) is 3.17. The van der Waals surface area contributed by atoms with Crippen LogP contribution in [-0.4, -0.2) is 28.9 Å². The second kappa shape index (κ2) is 8.46. The molecular formula is C22H19N3O4S. The van der Waals surface area contributed by atoms with E-state index in [9.17, 15) is 14.4 Å². The molecule has 2 heterocycles. The van der Waals surface area contributed by atoms with Gasteiger partial charge < -0.3 is 10.1 Å². The standard InChI is InChI=1S/C22H19N3O4S/c1-13(26)23-11-14-6-8-15(9-7-14)18-12-30-22(24-18)25-20(27)19-10-16-4-2-3-5-17(16)21(28)29-19/h2-9,12,19H,10-11H2,1H3,(H,23,26)(H,24,25,27)/t19-/m1/s1. The van der Waals surface area contributed by atoms with Crippen LogP contribution in [0.4, 0.5) is 5.13 Å². The van der Waals surface area contributed by atoms with Crippen molar-refractivity contribution in [2.45, 2.75) is 26.0 Å². The third-order valence-electron chi connectivity index (χ3n) is 4.71. The number of rotatable bonds is 5. The molecule has 0 saturated carbocycles. The molecule has 7 nitrogen and oxygen atoms in total. The summed E-state index contributed by atoms with van der Waals surface area (Å²) in [5.74, 6) is -0.966. The van der Waals surface area contributed by atoms with Crippen LogP contribution in [0.1, 0.15) is 28.4 Å². The van der Waals surface area contributed by atoms with Crippen molar-refractivity contribution in [2.75, 3.05) is 5.32 Å². The molecule has 1 atom stereocenters. The quantitative estimate of drug-likeness (QED) is 0.617. The van der Waals surface area contributed by atoms with E-state index in [1.54, 1.807) is 12.1 Å². The lowest BCUT2D eigenvalue weighted by atomic mass is 9.98. The maximum atomic E-state index is 12.6. The van der Waals surface area contributed by atoms with Crippen molar-refractivity contribution in [1.82, 2.24) is 10.3 Å². The van der Waals surface area contributed by atoms with Gasteiger partial charge in [-0.25, -0.2) is 9.78 Å². The minimum Gasteiger partial charge on any atom is -0.448 e. The second-order valence-corrected chi connectivity index (χ2v) is 7.75. The van der Waals surface area contributed by atoms with Gasteiger partial charge in [0.05, 0.1) is 11.3 Å². The fourth-order valence-corrected chi connectivity index (χ4v) is 3.87. The number of hydrogen-bond acceptors (Lipinski definition) is 6. The third-order valence-corrected chi connectivity index (χ3v) is 5.47. The van der Waals surface area contributed by atoms with Crippen molar-refractivity contribution < 1.29 is 19.1 Å². The Balaban J connectivity index is 1.40. The van der Waals surface area contributed by atoms with Gasteiger partial charge in [0.25, 0.3) is 5.91 Å². The Bertz CT molecular complexity index is 1110. The van der Waals surface area contributed by atoms with Crippen molar-refractivity contribution in [1.29, 1.82) is 0 Å². The zero-order valence-corrected chi connectivity index (χ0v) is 17.0. The first-order valence-electron chi connectivity index (χ1n) is 9.38. The van der Waals surface area contributed by atoms with E-state index in [4.69, 9.17) is 4.74 Å². The van der Waals surface area contributed by atoms with E-state index >= 15 is 0 Å². The fourth-order valence-electron chi connectivity index (χ4n) is 3.15. The molecule has 1 aliphatic heterocycles. The van der Waals surface area contributed by atoms with Gasteiger partial charge >= 0.3 is 5.97 Å². The first-order valence-corrected chi connectivity index (χ1v) is 10.3. The van der Waals surface area contributed by atoms with Gasteiger partial charge in [0.15, 0.2) is 11.2 Å². The van der Waals surface area contributed by atoms with Gasteiger partial charge in [-0.05, 0) is 17.2 Å². The Kier molecular flexibility index (Phi) is 5.58. The van der Waals surface area contributed by atoms with Crippen LogP contribution < -0.4 is 10.6 Å². The van der Waals surface area contributed by atoms with Crippen LogP contribution in [0.3, 0.4) is 0 Å². The molecule has 0 spiro atoms. The number of carbonyl (C=O) groups excluding carboxylic acids is 3. The number of fused-ring (bicyclic) bond motifs is 1. The molecule has 0 unspecified atom stereocenters. The Labute approximate surface area is 177 Å². The first-order chi connectivity index (χ1) is 14.5. The molecular weight excluding hydrogens is 402 g/mol. The zero-order chi connectivity index (χ0) is 21.1. The highest BCUT2D eigenvalue weighted by atomic mass is 32.1. The number of amides is 2. The van der Waals surface area contributed by atoms with Gasteiger partial charge in [0.2, 0.25) is 5.91 Å².